The Labute approximate surface area is 202 Å². The van der Waals surface area contributed by atoms with Crippen LogP contribution < -0.4 is 10.2 Å². The highest BCUT2D eigenvalue weighted by molar-refractivity contribution is 6.00. The van der Waals surface area contributed by atoms with Gasteiger partial charge in [0.1, 0.15) is 0 Å². The van der Waals surface area contributed by atoms with Crippen LogP contribution in [-0.2, 0) is 17.8 Å². The van der Waals surface area contributed by atoms with Gasteiger partial charge in [0.05, 0.1) is 0 Å². The first-order valence-corrected chi connectivity index (χ1v) is 12.1. The van der Waals surface area contributed by atoms with Crippen molar-refractivity contribution in [3.05, 3.63) is 95.6 Å². The lowest BCUT2D eigenvalue weighted by molar-refractivity contribution is -0.116. The van der Waals surface area contributed by atoms with Crippen LogP contribution in [0.5, 0.6) is 0 Å². The number of carbonyl (C=O) groups excluding carboxylic acids is 2. The highest BCUT2D eigenvalue weighted by atomic mass is 16.2. The molecule has 0 aliphatic carbocycles. The van der Waals surface area contributed by atoms with Gasteiger partial charge in [-0.05, 0) is 41.8 Å². The molecule has 0 saturated carbocycles. The molecule has 176 valence electrons. The molecule has 1 saturated heterocycles. The summed E-state index contributed by atoms with van der Waals surface area (Å²) in [5.74, 6) is -0.139. The molecule has 1 N–H and O–H groups in total. The summed E-state index contributed by atoms with van der Waals surface area (Å²) >= 11 is 0. The van der Waals surface area contributed by atoms with Crippen molar-refractivity contribution in [1.82, 2.24) is 4.90 Å². The number of ketones is 1. The zero-order chi connectivity index (χ0) is 23.8. The first kappa shape index (κ1) is 23.7. The summed E-state index contributed by atoms with van der Waals surface area (Å²) in [6.45, 7) is 7.11. The topological polar surface area (TPSA) is 52.7 Å². The first-order valence-electron chi connectivity index (χ1n) is 12.1. The van der Waals surface area contributed by atoms with Crippen LogP contribution in [0.15, 0.2) is 78.9 Å². The SMILES string of the molecule is CCc1ccc(C(=O)CCC(=O)Nc2ccc(N3CCN(Cc4ccccc4)CC3)cc2)cc1. The molecule has 1 heterocycles. The van der Waals surface area contributed by atoms with Crippen LogP contribution in [0.25, 0.3) is 0 Å². The maximum Gasteiger partial charge on any atom is 0.224 e. The van der Waals surface area contributed by atoms with Crippen molar-refractivity contribution in [1.29, 1.82) is 0 Å². The molecule has 0 spiro atoms. The molecule has 3 aromatic rings. The van der Waals surface area contributed by atoms with E-state index >= 15 is 0 Å². The van der Waals surface area contributed by atoms with Crippen molar-refractivity contribution >= 4 is 23.1 Å². The first-order chi connectivity index (χ1) is 16.6. The second-order valence-electron chi connectivity index (χ2n) is 8.82. The number of rotatable bonds is 9. The zero-order valence-electron chi connectivity index (χ0n) is 19.9. The Kier molecular flexibility index (Phi) is 8.10. The van der Waals surface area contributed by atoms with Crippen molar-refractivity contribution in [3.63, 3.8) is 0 Å². The Balaban J connectivity index is 1.21. The molecule has 0 aromatic heterocycles. The molecule has 4 rings (SSSR count). The van der Waals surface area contributed by atoms with E-state index in [-0.39, 0.29) is 24.5 Å². The Morgan fingerprint density at radius 2 is 1.44 bits per heavy atom. The second-order valence-corrected chi connectivity index (χ2v) is 8.82. The fourth-order valence-corrected chi connectivity index (χ4v) is 4.28. The van der Waals surface area contributed by atoms with Gasteiger partial charge in [0, 0.05) is 62.5 Å². The number of hydrogen-bond acceptors (Lipinski definition) is 4. The molecule has 34 heavy (non-hydrogen) atoms. The van der Waals surface area contributed by atoms with E-state index in [0.29, 0.717) is 5.56 Å². The van der Waals surface area contributed by atoms with E-state index in [1.165, 1.54) is 16.8 Å². The number of hydrogen-bond donors (Lipinski definition) is 1. The Morgan fingerprint density at radius 1 is 0.765 bits per heavy atom. The van der Waals surface area contributed by atoms with Crippen molar-refractivity contribution in [2.75, 3.05) is 36.4 Å². The van der Waals surface area contributed by atoms with Gasteiger partial charge >= 0.3 is 0 Å². The van der Waals surface area contributed by atoms with E-state index in [1.807, 2.05) is 36.4 Å². The Morgan fingerprint density at radius 3 is 2.09 bits per heavy atom. The predicted molar refractivity (Wildman–Crippen MR) is 138 cm³/mol. The van der Waals surface area contributed by atoms with Crippen LogP contribution >= 0.6 is 0 Å². The lowest BCUT2D eigenvalue weighted by atomic mass is 10.0. The molecule has 1 aliphatic rings. The summed E-state index contributed by atoms with van der Waals surface area (Å²) in [6, 6.07) is 26.2. The summed E-state index contributed by atoms with van der Waals surface area (Å²) in [5.41, 5.74) is 5.15. The normalized spacial score (nSPS) is 14.1. The molecule has 1 fully saturated rings. The summed E-state index contributed by atoms with van der Waals surface area (Å²) in [4.78, 5) is 29.6. The van der Waals surface area contributed by atoms with Crippen molar-refractivity contribution in [2.24, 2.45) is 0 Å². The van der Waals surface area contributed by atoms with Crippen molar-refractivity contribution in [2.45, 2.75) is 32.7 Å². The molecule has 0 atom stereocenters. The van der Waals surface area contributed by atoms with Crippen LogP contribution in [0.4, 0.5) is 11.4 Å². The summed E-state index contributed by atoms with van der Waals surface area (Å²) in [7, 11) is 0. The second kappa shape index (κ2) is 11.6. The Bertz CT molecular complexity index is 1070. The number of piperazine rings is 1. The summed E-state index contributed by atoms with van der Waals surface area (Å²) in [5, 5.41) is 2.91. The van der Waals surface area contributed by atoms with Gasteiger partial charge < -0.3 is 10.2 Å². The van der Waals surface area contributed by atoms with E-state index in [1.54, 1.807) is 0 Å². The van der Waals surface area contributed by atoms with Gasteiger partial charge in [0.15, 0.2) is 5.78 Å². The number of amides is 1. The average Bonchev–Trinajstić information content (AvgIpc) is 2.89. The maximum atomic E-state index is 12.4. The van der Waals surface area contributed by atoms with E-state index < -0.39 is 0 Å². The van der Waals surface area contributed by atoms with E-state index in [9.17, 15) is 9.59 Å². The Hall–Kier alpha value is -3.44. The van der Waals surface area contributed by atoms with Gasteiger partial charge in [0.25, 0.3) is 0 Å². The molecule has 1 amide bonds. The highest BCUT2D eigenvalue weighted by Gasteiger charge is 2.17. The van der Waals surface area contributed by atoms with Gasteiger partial charge in [-0.3, -0.25) is 14.5 Å². The predicted octanol–water partition coefficient (Wildman–Crippen LogP) is 5.17. The summed E-state index contributed by atoms with van der Waals surface area (Å²) < 4.78 is 0. The molecule has 1 aliphatic heterocycles. The number of Topliss-reactive ketones (excluding diaryl/α,β-unsaturated/α-hetero) is 1. The fraction of sp³-hybridized carbons (Fsp3) is 0.310. The van der Waals surface area contributed by atoms with Gasteiger partial charge in [0.2, 0.25) is 5.91 Å². The smallest absolute Gasteiger partial charge is 0.224 e. The minimum absolute atomic E-state index is 0.000410. The highest BCUT2D eigenvalue weighted by Crippen LogP contribution is 2.20. The largest absolute Gasteiger partial charge is 0.369 e. The molecular weight excluding hydrogens is 422 g/mol. The number of nitrogens with one attached hydrogen (secondary N) is 1. The van der Waals surface area contributed by atoms with Crippen LogP contribution in [0.3, 0.4) is 0 Å². The third-order valence-corrected chi connectivity index (χ3v) is 6.40. The lowest BCUT2D eigenvalue weighted by Crippen LogP contribution is -2.45. The van der Waals surface area contributed by atoms with Gasteiger partial charge in [-0.25, -0.2) is 0 Å². The van der Waals surface area contributed by atoms with Crippen LogP contribution in [-0.4, -0.2) is 42.8 Å². The molecular formula is C29H33N3O2. The number of benzene rings is 3. The lowest BCUT2D eigenvalue weighted by Gasteiger charge is -2.36. The molecule has 5 heteroatoms. The third-order valence-electron chi connectivity index (χ3n) is 6.40. The minimum atomic E-state index is -0.138. The monoisotopic (exact) mass is 455 g/mol. The number of aryl methyl sites for hydroxylation is 1. The molecule has 0 unspecified atom stereocenters. The van der Waals surface area contributed by atoms with Crippen molar-refractivity contribution in [3.8, 4) is 0 Å². The molecule has 0 radical (unpaired) electrons. The average molecular weight is 456 g/mol. The molecule has 0 bridgehead atoms. The number of carbonyl (C=O) groups is 2. The fourth-order valence-electron chi connectivity index (χ4n) is 4.28. The summed E-state index contributed by atoms with van der Waals surface area (Å²) in [6.07, 6.45) is 1.34. The van der Waals surface area contributed by atoms with Crippen LogP contribution in [0.2, 0.25) is 0 Å². The standard InChI is InChI=1S/C29H33N3O2/c1-2-23-8-10-25(11-9-23)28(33)16-17-29(34)30-26-12-14-27(15-13-26)32-20-18-31(19-21-32)22-24-6-4-3-5-7-24/h3-15H,2,16-22H2,1H3,(H,30,34). The van der Waals surface area contributed by atoms with Gasteiger partial charge in [-0.1, -0.05) is 61.5 Å². The maximum absolute atomic E-state index is 12.4. The van der Waals surface area contributed by atoms with Crippen LogP contribution in [0.1, 0.15) is 41.3 Å². The van der Waals surface area contributed by atoms with E-state index in [2.05, 4.69) is 64.5 Å². The zero-order valence-corrected chi connectivity index (χ0v) is 19.9. The molecule has 5 nitrogen and oxygen atoms in total. The van der Waals surface area contributed by atoms with Crippen molar-refractivity contribution < 1.29 is 9.59 Å². The van der Waals surface area contributed by atoms with E-state index in [0.717, 1.165) is 44.8 Å². The quantitative estimate of drug-likeness (QED) is 0.452. The number of anilines is 2. The minimum Gasteiger partial charge on any atom is -0.369 e. The van der Waals surface area contributed by atoms with E-state index in [4.69, 9.17) is 0 Å². The number of nitrogens with zero attached hydrogens (tertiary/aromatic N) is 2. The third kappa shape index (κ3) is 6.55. The van der Waals surface area contributed by atoms with Gasteiger partial charge in [-0.2, -0.15) is 0 Å². The van der Waals surface area contributed by atoms with Gasteiger partial charge in [-0.15, -0.1) is 0 Å². The molecule has 3 aromatic carbocycles. The van der Waals surface area contributed by atoms with Crippen LogP contribution in [0, 0.1) is 0 Å².